The highest BCUT2D eigenvalue weighted by atomic mass is 16.5. The summed E-state index contributed by atoms with van der Waals surface area (Å²) in [6, 6.07) is 9.57. The monoisotopic (exact) mass is 297 g/mol. The van der Waals surface area contributed by atoms with Gasteiger partial charge in [0.1, 0.15) is 11.2 Å². The number of aromatic nitrogens is 1. The molecule has 0 N–H and O–H groups in total. The van der Waals surface area contributed by atoms with Crippen LogP contribution in [0.1, 0.15) is 42.9 Å². The number of fused-ring (bicyclic) bond motifs is 3. The van der Waals surface area contributed by atoms with Gasteiger partial charge in [-0.25, -0.2) is 9.78 Å². The van der Waals surface area contributed by atoms with Crippen molar-refractivity contribution in [2.75, 3.05) is 6.61 Å². The Morgan fingerprint density at radius 2 is 2.05 bits per heavy atom. The first kappa shape index (κ1) is 14.6. The van der Waals surface area contributed by atoms with Gasteiger partial charge in [0, 0.05) is 16.8 Å². The molecule has 3 rings (SSSR count). The number of rotatable bonds is 5. The summed E-state index contributed by atoms with van der Waals surface area (Å²) in [5, 5.41) is 2.06. The summed E-state index contributed by atoms with van der Waals surface area (Å²) in [5.41, 5.74) is 2.75. The van der Waals surface area contributed by atoms with E-state index in [2.05, 4.69) is 11.9 Å². The number of carbonyl (C=O) groups is 1. The minimum atomic E-state index is -0.400. The van der Waals surface area contributed by atoms with E-state index in [9.17, 15) is 4.79 Å². The van der Waals surface area contributed by atoms with Crippen LogP contribution in [0.15, 0.2) is 34.7 Å². The molecule has 3 aromatic rings. The maximum Gasteiger partial charge on any atom is 0.357 e. The average Bonchev–Trinajstić information content (AvgIpc) is 2.91. The first-order chi connectivity index (χ1) is 10.7. The van der Waals surface area contributed by atoms with Gasteiger partial charge in [0.2, 0.25) is 0 Å². The number of nitrogens with zero attached hydrogens (tertiary/aromatic N) is 1. The van der Waals surface area contributed by atoms with Crippen LogP contribution in [0.3, 0.4) is 0 Å². The number of esters is 1. The van der Waals surface area contributed by atoms with Crippen LogP contribution < -0.4 is 0 Å². The number of ether oxygens (including phenoxy) is 1. The number of carbonyl (C=O) groups excluding carboxylic acids is 1. The molecule has 0 radical (unpaired) electrons. The number of para-hydroxylation sites is 1. The van der Waals surface area contributed by atoms with Crippen molar-refractivity contribution >= 4 is 27.9 Å². The molecule has 0 aliphatic rings. The van der Waals surface area contributed by atoms with E-state index < -0.39 is 5.97 Å². The second-order valence-corrected chi connectivity index (χ2v) is 5.25. The summed E-state index contributed by atoms with van der Waals surface area (Å²) >= 11 is 0. The summed E-state index contributed by atoms with van der Waals surface area (Å²) in [6.45, 7) is 4.26. The van der Waals surface area contributed by atoms with Crippen LogP contribution in [0.5, 0.6) is 0 Å². The second-order valence-electron chi connectivity index (χ2n) is 5.25. The molecule has 114 valence electrons. The molecule has 0 amide bonds. The van der Waals surface area contributed by atoms with E-state index in [-0.39, 0.29) is 0 Å². The zero-order valence-electron chi connectivity index (χ0n) is 12.9. The minimum absolute atomic E-state index is 0.319. The zero-order chi connectivity index (χ0) is 15.5. The molecule has 2 aromatic heterocycles. The first-order valence-corrected chi connectivity index (χ1v) is 7.72. The van der Waals surface area contributed by atoms with E-state index in [0.29, 0.717) is 17.9 Å². The van der Waals surface area contributed by atoms with E-state index >= 15 is 0 Å². The number of benzene rings is 1. The topological polar surface area (TPSA) is 52.3 Å². The minimum Gasteiger partial charge on any atom is -0.461 e. The Bertz CT molecular complexity index is 820. The Morgan fingerprint density at radius 1 is 1.23 bits per heavy atom. The van der Waals surface area contributed by atoms with E-state index in [1.165, 1.54) is 0 Å². The molecule has 2 heterocycles. The van der Waals surface area contributed by atoms with Gasteiger partial charge in [0.25, 0.3) is 0 Å². The molecule has 0 aliphatic carbocycles. The van der Waals surface area contributed by atoms with Gasteiger partial charge in [-0.1, -0.05) is 31.5 Å². The molecule has 0 fully saturated rings. The largest absolute Gasteiger partial charge is 0.461 e. The molecule has 0 aliphatic heterocycles. The molecule has 4 heteroatoms. The molecular weight excluding hydrogens is 278 g/mol. The third-order valence-electron chi connectivity index (χ3n) is 3.69. The summed E-state index contributed by atoms with van der Waals surface area (Å²) in [5.74, 6) is -0.400. The van der Waals surface area contributed by atoms with Crippen LogP contribution in [-0.4, -0.2) is 17.6 Å². The van der Waals surface area contributed by atoms with Crippen molar-refractivity contribution in [3.63, 3.8) is 0 Å². The molecule has 4 nitrogen and oxygen atoms in total. The average molecular weight is 297 g/mol. The maximum atomic E-state index is 12.0. The molecule has 0 saturated heterocycles. The van der Waals surface area contributed by atoms with Crippen molar-refractivity contribution in [2.45, 2.75) is 33.1 Å². The third-order valence-corrected chi connectivity index (χ3v) is 3.69. The van der Waals surface area contributed by atoms with Crippen molar-refractivity contribution in [1.82, 2.24) is 4.98 Å². The van der Waals surface area contributed by atoms with Gasteiger partial charge in [-0.2, -0.15) is 0 Å². The van der Waals surface area contributed by atoms with Crippen LogP contribution >= 0.6 is 0 Å². The number of hydrogen-bond acceptors (Lipinski definition) is 4. The second kappa shape index (κ2) is 6.18. The summed E-state index contributed by atoms with van der Waals surface area (Å²) in [7, 11) is 0. The highest BCUT2D eigenvalue weighted by molar-refractivity contribution is 6.07. The molecular formula is C18H19NO3. The van der Waals surface area contributed by atoms with Gasteiger partial charge in [-0.3, -0.25) is 0 Å². The predicted octanol–water partition coefficient (Wildman–Crippen LogP) is 4.50. The lowest BCUT2D eigenvalue weighted by molar-refractivity contribution is 0.0519. The van der Waals surface area contributed by atoms with E-state index in [4.69, 9.17) is 9.15 Å². The van der Waals surface area contributed by atoms with Gasteiger partial charge < -0.3 is 9.15 Å². The molecule has 22 heavy (non-hydrogen) atoms. The molecule has 1 aromatic carbocycles. The van der Waals surface area contributed by atoms with Gasteiger partial charge in [0.05, 0.1) is 12.3 Å². The van der Waals surface area contributed by atoms with Crippen molar-refractivity contribution in [3.8, 4) is 0 Å². The molecule has 0 unspecified atom stereocenters. The Balaban J connectivity index is 2.21. The van der Waals surface area contributed by atoms with Crippen LogP contribution in [-0.2, 0) is 11.2 Å². The zero-order valence-corrected chi connectivity index (χ0v) is 12.9. The number of pyridine rings is 1. The predicted molar refractivity (Wildman–Crippen MR) is 86.1 cm³/mol. The van der Waals surface area contributed by atoms with Crippen molar-refractivity contribution in [3.05, 3.63) is 41.7 Å². The Hall–Kier alpha value is -2.36. The highest BCUT2D eigenvalue weighted by Gasteiger charge is 2.17. The lowest BCUT2D eigenvalue weighted by atomic mass is 10.1. The lowest BCUT2D eigenvalue weighted by Crippen LogP contribution is -2.08. The Kier molecular flexibility index (Phi) is 4.09. The van der Waals surface area contributed by atoms with Crippen LogP contribution in [0.4, 0.5) is 0 Å². The van der Waals surface area contributed by atoms with Gasteiger partial charge >= 0.3 is 5.97 Å². The number of aryl methyl sites for hydroxylation is 1. The van der Waals surface area contributed by atoms with Gasteiger partial charge in [-0.15, -0.1) is 0 Å². The number of unbranched alkanes of at least 4 members (excludes halogenated alkanes) is 1. The smallest absolute Gasteiger partial charge is 0.357 e. The maximum absolute atomic E-state index is 12.0. The fourth-order valence-corrected chi connectivity index (χ4v) is 2.66. The normalized spacial score (nSPS) is 11.2. The summed E-state index contributed by atoms with van der Waals surface area (Å²) in [6.07, 6.45) is 2.92. The Labute approximate surface area is 129 Å². The third kappa shape index (κ3) is 2.56. The van der Waals surface area contributed by atoms with Crippen molar-refractivity contribution < 1.29 is 13.9 Å². The summed E-state index contributed by atoms with van der Waals surface area (Å²) < 4.78 is 11.0. The number of furan rings is 1. The Morgan fingerprint density at radius 3 is 2.82 bits per heavy atom. The quantitative estimate of drug-likeness (QED) is 0.651. The van der Waals surface area contributed by atoms with Crippen molar-refractivity contribution in [1.29, 1.82) is 0 Å². The standard InChI is InChI=1S/C18H19NO3/c1-3-5-9-13-17-12-8-6-7-10-15(12)22-16(17)11-14(19-13)18(20)21-4-2/h6-8,10-11H,3-5,9H2,1-2H3. The van der Waals surface area contributed by atoms with E-state index in [1.54, 1.807) is 13.0 Å². The fourth-order valence-electron chi connectivity index (χ4n) is 2.66. The fraction of sp³-hybridized carbons (Fsp3) is 0.333. The highest BCUT2D eigenvalue weighted by Crippen LogP contribution is 2.31. The summed E-state index contributed by atoms with van der Waals surface area (Å²) in [4.78, 5) is 16.5. The lowest BCUT2D eigenvalue weighted by Gasteiger charge is -2.06. The molecule has 0 bridgehead atoms. The SMILES string of the molecule is CCCCc1nc(C(=O)OCC)cc2oc3ccccc3c12. The van der Waals surface area contributed by atoms with Gasteiger partial charge in [-0.05, 0) is 25.8 Å². The van der Waals surface area contributed by atoms with Crippen LogP contribution in [0, 0.1) is 0 Å². The van der Waals surface area contributed by atoms with Gasteiger partial charge in [0.15, 0.2) is 5.69 Å². The molecule has 0 saturated carbocycles. The first-order valence-electron chi connectivity index (χ1n) is 7.72. The van der Waals surface area contributed by atoms with Crippen molar-refractivity contribution in [2.24, 2.45) is 0 Å². The molecule has 0 atom stereocenters. The number of hydrogen-bond donors (Lipinski definition) is 0. The molecule has 0 spiro atoms. The van der Waals surface area contributed by atoms with E-state index in [1.807, 2.05) is 24.3 Å². The van der Waals surface area contributed by atoms with Crippen LogP contribution in [0.2, 0.25) is 0 Å². The van der Waals surface area contributed by atoms with E-state index in [0.717, 1.165) is 41.3 Å². The van der Waals surface area contributed by atoms with Crippen LogP contribution in [0.25, 0.3) is 21.9 Å².